The average Bonchev–Trinajstić information content (AvgIpc) is 2.54. The summed E-state index contributed by atoms with van der Waals surface area (Å²) in [5.74, 6) is 0.513. The minimum absolute atomic E-state index is 0.0148. The summed E-state index contributed by atoms with van der Waals surface area (Å²) in [6.45, 7) is 0. The zero-order valence-corrected chi connectivity index (χ0v) is 12.5. The summed E-state index contributed by atoms with van der Waals surface area (Å²) in [6, 6.07) is 12.9. The molecule has 0 N–H and O–H groups in total. The molecule has 0 fully saturated rings. The Morgan fingerprint density at radius 3 is 2.36 bits per heavy atom. The predicted octanol–water partition coefficient (Wildman–Crippen LogP) is 3.30. The largest absolute Gasteiger partial charge is 0.493 e. The Morgan fingerprint density at radius 1 is 1.14 bits per heavy atom. The molecular formula is C15H13NO5S. The van der Waals surface area contributed by atoms with Gasteiger partial charge in [-0.3, -0.25) is 14.9 Å². The maximum absolute atomic E-state index is 11.8. The number of carbonyl (C=O) groups excluding carboxylic acids is 1. The fourth-order valence-corrected chi connectivity index (χ4v) is 2.33. The first kappa shape index (κ1) is 15.8. The van der Waals surface area contributed by atoms with Gasteiger partial charge in [0.15, 0.2) is 11.5 Å². The van der Waals surface area contributed by atoms with E-state index >= 15 is 0 Å². The fourth-order valence-electron chi connectivity index (χ4n) is 1.66. The van der Waals surface area contributed by atoms with Crippen LogP contribution in [0.25, 0.3) is 0 Å². The van der Waals surface area contributed by atoms with Crippen molar-refractivity contribution in [3.63, 3.8) is 0 Å². The van der Waals surface area contributed by atoms with E-state index in [-0.39, 0.29) is 11.4 Å². The van der Waals surface area contributed by atoms with Crippen LogP contribution in [-0.2, 0) is 4.79 Å². The molecule has 0 aliphatic heterocycles. The van der Waals surface area contributed by atoms with Gasteiger partial charge in [0, 0.05) is 17.0 Å². The van der Waals surface area contributed by atoms with E-state index in [1.807, 2.05) is 0 Å². The van der Waals surface area contributed by atoms with Crippen molar-refractivity contribution >= 4 is 23.4 Å². The SMILES string of the molecule is COc1ccccc1OC(=O)CSc1ccc([N+](=O)[O-])cc1. The number of non-ortho nitro benzene ring substituents is 1. The molecule has 0 heterocycles. The standard InChI is InChI=1S/C15H13NO5S/c1-20-13-4-2-3-5-14(13)21-15(17)10-22-12-8-6-11(7-9-12)16(18)19/h2-9H,10H2,1H3. The third-order valence-electron chi connectivity index (χ3n) is 2.70. The number of rotatable bonds is 6. The second-order valence-electron chi connectivity index (χ2n) is 4.16. The number of methoxy groups -OCH3 is 1. The van der Waals surface area contributed by atoms with E-state index in [0.717, 1.165) is 4.90 Å². The van der Waals surface area contributed by atoms with Gasteiger partial charge in [-0.25, -0.2) is 0 Å². The summed E-state index contributed by atoms with van der Waals surface area (Å²) >= 11 is 1.24. The van der Waals surface area contributed by atoms with Gasteiger partial charge >= 0.3 is 5.97 Å². The quantitative estimate of drug-likeness (QED) is 0.267. The summed E-state index contributed by atoms with van der Waals surface area (Å²) in [6.07, 6.45) is 0. The summed E-state index contributed by atoms with van der Waals surface area (Å²) < 4.78 is 10.3. The number of nitrogens with zero attached hydrogens (tertiary/aromatic N) is 1. The Bertz CT molecular complexity index is 672. The van der Waals surface area contributed by atoms with Gasteiger partial charge in [-0.1, -0.05) is 12.1 Å². The summed E-state index contributed by atoms with van der Waals surface area (Å²) in [4.78, 5) is 22.7. The molecule has 0 atom stereocenters. The van der Waals surface area contributed by atoms with E-state index in [9.17, 15) is 14.9 Å². The highest BCUT2D eigenvalue weighted by atomic mass is 32.2. The number of nitro groups is 1. The van der Waals surface area contributed by atoms with Crippen molar-refractivity contribution < 1.29 is 19.2 Å². The molecule has 6 nitrogen and oxygen atoms in total. The molecule has 2 aromatic carbocycles. The van der Waals surface area contributed by atoms with Gasteiger partial charge in [0.25, 0.3) is 5.69 Å². The zero-order valence-electron chi connectivity index (χ0n) is 11.7. The Morgan fingerprint density at radius 2 is 1.77 bits per heavy atom. The lowest BCUT2D eigenvalue weighted by atomic mass is 10.3. The normalized spacial score (nSPS) is 10.0. The number of ether oxygens (including phenoxy) is 2. The molecule has 0 aromatic heterocycles. The topological polar surface area (TPSA) is 78.7 Å². The molecule has 0 unspecified atom stereocenters. The fraction of sp³-hybridized carbons (Fsp3) is 0.133. The van der Waals surface area contributed by atoms with E-state index in [4.69, 9.17) is 9.47 Å². The molecule has 22 heavy (non-hydrogen) atoms. The maximum Gasteiger partial charge on any atom is 0.321 e. The molecule has 2 rings (SSSR count). The van der Waals surface area contributed by atoms with Crippen LogP contribution in [0, 0.1) is 10.1 Å². The molecule has 0 saturated carbocycles. The number of thioether (sulfide) groups is 1. The first-order valence-corrected chi connectivity index (χ1v) is 7.29. The number of para-hydroxylation sites is 2. The van der Waals surface area contributed by atoms with Gasteiger partial charge in [-0.2, -0.15) is 0 Å². The number of hydrogen-bond acceptors (Lipinski definition) is 6. The number of esters is 1. The van der Waals surface area contributed by atoms with Crippen LogP contribution in [0.3, 0.4) is 0 Å². The highest BCUT2D eigenvalue weighted by molar-refractivity contribution is 8.00. The Labute approximate surface area is 131 Å². The van der Waals surface area contributed by atoms with Crippen molar-refractivity contribution in [2.45, 2.75) is 4.90 Å². The second-order valence-corrected chi connectivity index (χ2v) is 5.21. The van der Waals surface area contributed by atoms with E-state index in [1.54, 1.807) is 36.4 Å². The van der Waals surface area contributed by atoms with Crippen LogP contribution in [-0.4, -0.2) is 23.8 Å². The molecule has 0 radical (unpaired) electrons. The minimum atomic E-state index is -0.468. The van der Waals surface area contributed by atoms with Crippen molar-refractivity contribution in [1.29, 1.82) is 0 Å². The van der Waals surface area contributed by atoms with Crippen LogP contribution < -0.4 is 9.47 Å². The van der Waals surface area contributed by atoms with Crippen LogP contribution in [0.4, 0.5) is 5.69 Å². The number of nitro benzene ring substituents is 1. The van der Waals surface area contributed by atoms with Crippen molar-refractivity contribution in [2.75, 3.05) is 12.9 Å². The van der Waals surface area contributed by atoms with Gasteiger partial charge in [0.1, 0.15) is 0 Å². The molecule has 0 spiro atoms. The Balaban J connectivity index is 1.91. The summed E-state index contributed by atoms with van der Waals surface area (Å²) in [5.41, 5.74) is 0.0148. The number of benzene rings is 2. The van der Waals surface area contributed by atoms with E-state index < -0.39 is 10.9 Å². The van der Waals surface area contributed by atoms with Crippen molar-refractivity contribution in [3.05, 3.63) is 58.6 Å². The van der Waals surface area contributed by atoms with Crippen molar-refractivity contribution in [3.8, 4) is 11.5 Å². The molecule has 2 aromatic rings. The summed E-state index contributed by atoms with van der Waals surface area (Å²) in [7, 11) is 1.50. The average molecular weight is 319 g/mol. The third kappa shape index (κ3) is 4.23. The molecular weight excluding hydrogens is 306 g/mol. The lowest BCUT2D eigenvalue weighted by Crippen LogP contribution is -2.11. The molecule has 0 bridgehead atoms. The van der Waals surface area contributed by atoms with Crippen LogP contribution in [0.5, 0.6) is 11.5 Å². The van der Waals surface area contributed by atoms with Gasteiger partial charge in [0.05, 0.1) is 17.8 Å². The number of carbonyl (C=O) groups is 1. The van der Waals surface area contributed by atoms with E-state index in [0.29, 0.717) is 11.5 Å². The van der Waals surface area contributed by atoms with Crippen LogP contribution in [0.15, 0.2) is 53.4 Å². The van der Waals surface area contributed by atoms with Crippen molar-refractivity contribution in [2.24, 2.45) is 0 Å². The van der Waals surface area contributed by atoms with Crippen LogP contribution in [0.2, 0.25) is 0 Å². The monoisotopic (exact) mass is 319 g/mol. The first-order valence-electron chi connectivity index (χ1n) is 6.31. The first-order chi connectivity index (χ1) is 10.6. The Hall–Kier alpha value is -2.54. The van der Waals surface area contributed by atoms with Crippen molar-refractivity contribution in [1.82, 2.24) is 0 Å². The zero-order chi connectivity index (χ0) is 15.9. The Kier molecular flexibility index (Phi) is 5.37. The van der Waals surface area contributed by atoms with Crippen LogP contribution >= 0.6 is 11.8 Å². The lowest BCUT2D eigenvalue weighted by Gasteiger charge is -2.08. The molecule has 0 aliphatic carbocycles. The van der Waals surface area contributed by atoms with E-state index in [2.05, 4.69) is 0 Å². The molecule has 0 amide bonds. The van der Waals surface area contributed by atoms with E-state index in [1.165, 1.54) is 31.0 Å². The minimum Gasteiger partial charge on any atom is -0.493 e. The van der Waals surface area contributed by atoms with Gasteiger partial charge in [-0.05, 0) is 24.3 Å². The smallest absolute Gasteiger partial charge is 0.321 e. The van der Waals surface area contributed by atoms with Gasteiger partial charge in [0.2, 0.25) is 0 Å². The molecule has 114 valence electrons. The maximum atomic E-state index is 11.8. The lowest BCUT2D eigenvalue weighted by molar-refractivity contribution is -0.384. The highest BCUT2D eigenvalue weighted by Gasteiger charge is 2.10. The van der Waals surface area contributed by atoms with Gasteiger partial charge in [-0.15, -0.1) is 11.8 Å². The van der Waals surface area contributed by atoms with Gasteiger partial charge < -0.3 is 9.47 Å². The number of hydrogen-bond donors (Lipinski definition) is 0. The predicted molar refractivity (Wildman–Crippen MR) is 82.4 cm³/mol. The van der Waals surface area contributed by atoms with Crippen LogP contribution in [0.1, 0.15) is 0 Å². The molecule has 7 heteroatoms. The summed E-state index contributed by atoms with van der Waals surface area (Å²) in [5, 5.41) is 10.6. The highest BCUT2D eigenvalue weighted by Crippen LogP contribution is 2.27. The second kappa shape index (κ2) is 7.46. The molecule has 0 aliphatic rings. The third-order valence-corrected chi connectivity index (χ3v) is 3.68. The molecule has 0 saturated heterocycles.